The number of rotatable bonds is 0. The Kier molecular flexibility index (Phi) is 203. The van der Waals surface area contributed by atoms with Crippen LogP contribution in [0.1, 0.15) is 0 Å². The third kappa shape index (κ3) is 22.5. The molecule has 0 spiro atoms. The van der Waals surface area contributed by atoms with Crippen molar-refractivity contribution in [1.82, 2.24) is 0 Å². The van der Waals surface area contributed by atoms with E-state index in [-0.39, 0.29) is 186 Å². The molecule has 0 nitrogen and oxygen atoms in total. The molecule has 0 aromatic heterocycles. The second-order valence-corrected chi connectivity index (χ2v) is 0. The second kappa shape index (κ2) is 30.4. The molecule has 11 radical (unpaired) electrons. The van der Waals surface area contributed by atoms with E-state index in [1.165, 1.54) is 0 Å². The van der Waals surface area contributed by atoms with Gasteiger partial charge in [0.25, 0.3) is 0 Å². The average molecular weight is 798 g/mol. The Morgan fingerprint density at radius 2 is 1.00 bits per heavy atom. The fourth-order valence-corrected chi connectivity index (χ4v) is 0. The van der Waals surface area contributed by atoms with Crippen LogP contribution in [0.4, 0.5) is 0 Å². The van der Waals surface area contributed by atoms with E-state index < -0.39 is 0 Å². The normalized spacial score (nSPS) is 0. The molecule has 0 amide bonds. The van der Waals surface area contributed by atoms with Crippen LogP contribution in [-0.4, -0.2) is 102 Å². The monoisotopic (exact) mass is 797 g/mol. The SMILES string of the molecule is [Ba].[Bi].[Mn].[Nd].[Pb].[Sc]. The Hall–Kier alpha value is 6.12. The summed E-state index contributed by atoms with van der Waals surface area (Å²) in [6, 6.07) is 0. The summed E-state index contributed by atoms with van der Waals surface area (Å²) < 4.78 is 0. The second-order valence-electron chi connectivity index (χ2n) is 0. The molecule has 0 aliphatic carbocycles. The summed E-state index contributed by atoms with van der Waals surface area (Å²) in [6.45, 7) is 0. The van der Waals surface area contributed by atoms with E-state index in [2.05, 4.69) is 0 Å². The van der Waals surface area contributed by atoms with Crippen molar-refractivity contribution in [3.8, 4) is 0 Å². The zero-order valence-corrected chi connectivity index (χ0v) is 21.1. The molecule has 0 aromatic carbocycles. The molecular weight excluding hydrogens is 798 g/mol. The molecule has 6 heteroatoms. The first-order valence-corrected chi connectivity index (χ1v) is 0. The first-order chi connectivity index (χ1) is 0. The van der Waals surface area contributed by atoms with E-state index >= 15 is 0 Å². The van der Waals surface area contributed by atoms with Gasteiger partial charge in [-0.05, 0) is 0 Å². The van der Waals surface area contributed by atoms with E-state index in [1.807, 2.05) is 0 Å². The van der Waals surface area contributed by atoms with Crippen LogP contribution in [0.3, 0.4) is 0 Å². The summed E-state index contributed by atoms with van der Waals surface area (Å²) in [4.78, 5) is 0. The van der Waals surface area contributed by atoms with Crippen LogP contribution in [0.5, 0.6) is 0 Å². The summed E-state index contributed by atoms with van der Waals surface area (Å²) in [5.41, 5.74) is 0. The molecule has 0 fully saturated rings. The predicted octanol–water partition coefficient (Wildman–Crippen LogP) is -1.15. The van der Waals surface area contributed by atoms with Crippen LogP contribution in [0.25, 0.3) is 0 Å². The molecule has 0 saturated carbocycles. The minimum absolute atomic E-state index is 0. The average Bonchev–Trinajstić information content (AvgIpc) is 0. The molecule has 6 heavy (non-hydrogen) atoms. The van der Waals surface area contributed by atoms with Crippen LogP contribution in [0, 0.1) is 40.8 Å². The van der Waals surface area contributed by atoms with E-state index in [0.717, 1.165) is 0 Å². The van der Waals surface area contributed by atoms with Crippen molar-refractivity contribution < 1.29 is 83.8 Å². The smallest absolute Gasteiger partial charge is 0 e. The molecule has 0 saturated heterocycles. The molecule has 0 bridgehead atoms. The van der Waals surface area contributed by atoms with E-state index in [1.54, 1.807) is 0 Å². The van der Waals surface area contributed by atoms with Crippen LogP contribution in [0.2, 0.25) is 0 Å². The van der Waals surface area contributed by atoms with Crippen molar-refractivity contribution in [2.24, 2.45) is 0 Å². The van der Waals surface area contributed by atoms with Gasteiger partial charge in [0.2, 0.25) is 0 Å². The topological polar surface area (TPSA) is 0 Å². The summed E-state index contributed by atoms with van der Waals surface area (Å²) in [5.74, 6) is 0. The third-order valence-corrected chi connectivity index (χ3v) is 0. The van der Waals surface area contributed by atoms with Crippen LogP contribution < -0.4 is 0 Å². The van der Waals surface area contributed by atoms with Gasteiger partial charge in [0.15, 0.2) is 0 Å². The minimum Gasteiger partial charge on any atom is 0 e. The molecule has 0 N–H and O–H groups in total. The van der Waals surface area contributed by atoms with Crippen molar-refractivity contribution in [3.05, 3.63) is 0 Å². The van der Waals surface area contributed by atoms with Crippen molar-refractivity contribution in [1.29, 1.82) is 0 Å². The summed E-state index contributed by atoms with van der Waals surface area (Å²) in [5, 5.41) is 0. The quantitative estimate of drug-likeness (QED) is 0.272. The van der Waals surface area contributed by atoms with Crippen LogP contribution in [-0.2, 0) is 42.9 Å². The molecule has 0 unspecified atom stereocenters. The van der Waals surface area contributed by atoms with Crippen molar-refractivity contribution in [3.63, 3.8) is 0 Å². The largest absolute Gasteiger partial charge is 0 e. The Bertz CT molecular complexity index is 15.5. The molecule has 0 heterocycles. The third-order valence-electron chi connectivity index (χ3n) is 0. The first-order valence-electron chi connectivity index (χ1n) is 0. The van der Waals surface area contributed by atoms with Gasteiger partial charge in [-0.15, -0.1) is 0 Å². The summed E-state index contributed by atoms with van der Waals surface area (Å²) in [6.07, 6.45) is 0. The zero-order valence-electron chi connectivity index (χ0n) is 3.11. The number of hydrogen-bond donors (Lipinski definition) is 0. The van der Waals surface area contributed by atoms with Crippen molar-refractivity contribution in [2.45, 2.75) is 0 Å². The number of hydrogen-bond acceptors (Lipinski definition) is 0. The van der Waals surface area contributed by atoms with E-state index in [0.29, 0.717) is 0 Å². The molecule has 0 atom stereocenters. The van der Waals surface area contributed by atoms with E-state index in [4.69, 9.17) is 0 Å². The van der Waals surface area contributed by atoms with Crippen molar-refractivity contribution >= 4 is 102 Å². The Balaban J connectivity index is 0. The zero-order chi connectivity index (χ0) is 0. The van der Waals surface area contributed by atoms with Gasteiger partial charge in [0.05, 0.1) is 0 Å². The van der Waals surface area contributed by atoms with Crippen molar-refractivity contribution in [2.75, 3.05) is 0 Å². The van der Waals surface area contributed by atoms with Gasteiger partial charge in [0, 0.05) is 186 Å². The Labute approximate surface area is 180 Å². The van der Waals surface area contributed by atoms with Gasteiger partial charge >= 0.3 is 0 Å². The van der Waals surface area contributed by atoms with Crippen LogP contribution >= 0.6 is 0 Å². The van der Waals surface area contributed by atoms with E-state index in [9.17, 15) is 0 Å². The Morgan fingerprint density at radius 1 is 1.00 bits per heavy atom. The predicted molar refractivity (Wildman–Crippen MR) is 17.3 cm³/mol. The van der Waals surface area contributed by atoms with Gasteiger partial charge < -0.3 is 0 Å². The molecule has 0 aliphatic heterocycles. The Morgan fingerprint density at radius 3 is 1.00 bits per heavy atom. The molecule has 0 aliphatic rings. The first kappa shape index (κ1) is 40.0. The van der Waals surface area contributed by atoms with Crippen LogP contribution in [0.15, 0.2) is 0 Å². The van der Waals surface area contributed by atoms with Gasteiger partial charge in [-0.3, -0.25) is 0 Å². The van der Waals surface area contributed by atoms with Gasteiger partial charge in [-0.2, -0.15) is 0 Å². The maximum atomic E-state index is 0. The maximum Gasteiger partial charge on any atom is 0 e. The molecule has 0 aromatic rings. The fraction of sp³-hybridized carbons (Fsp3) is 0. The summed E-state index contributed by atoms with van der Waals surface area (Å²) >= 11 is 0. The van der Waals surface area contributed by atoms with Gasteiger partial charge in [-0.1, -0.05) is 0 Å². The van der Waals surface area contributed by atoms with Gasteiger partial charge in [-0.25, -0.2) is 0 Å². The molecule has 25 valence electrons. The molecular formula is BaBiMnNdPbSc. The van der Waals surface area contributed by atoms with Gasteiger partial charge in [0.1, 0.15) is 0 Å². The fourth-order valence-electron chi connectivity index (χ4n) is 0. The molecule has 0 rings (SSSR count). The summed E-state index contributed by atoms with van der Waals surface area (Å²) in [7, 11) is 0. The maximum absolute atomic E-state index is 0. The standard InChI is InChI=1S/Ba.Bi.Mn.Nd.Pb.Sc. The minimum atomic E-state index is 0.